The largest absolute Gasteiger partial charge is 0.465 e. The zero-order chi connectivity index (χ0) is 12.6. The van der Waals surface area contributed by atoms with Crippen molar-refractivity contribution < 1.29 is 14.7 Å². The Morgan fingerprint density at radius 2 is 2.06 bits per heavy atom. The summed E-state index contributed by atoms with van der Waals surface area (Å²) in [6.07, 6.45) is 1.33. The van der Waals surface area contributed by atoms with Gasteiger partial charge in [-0.2, -0.15) is 0 Å². The van der Waals surface area contributed by atoms with Crippen molar-refractivity contribution in [3.8, 4) is 0 Å². The van der Waals surface area contributed by atoms with Gasteiger partial charge in [0.25, 0.3) is 0 Å². The molecule has 0 aliphatic carbocycles. The van der Waals surface area contributed by atoms with Crippen molar-refractivity contribution in [3.63, 3.8) is 0 Å². The average molecular weight is 227 g/mol. The summed E-state index contributed by atoms with van der Waals surface area (Å²) >= 11 is 0. The van der Waals surface area contributed by atoms with Gasteiger partial charge in [-0.25, -0.2) is 4.79 Å². The number of hydrogen-bond acceptors (Lipinski definition) is 2. The molecule has 4 nitrogen and oxygen atoms in total. The van der Waals surface area contributed by atoms with Gasteiger partial charge in [0.1, 0.15) is 6.29 Å². The molecule has 92 valence electrons. The van der Waals surface area contributed by atoms with Gasteiger partial charge in [-0.1, -0.05) is 27.7 Å². The third kappa shape index (κ3) is 2.54. The molecule has 1 rings (SSSR count). The first-order chi connectivity index (χ1) is 7.19. The van der Waals surface area contributed by atoms with Crippen LogP contribution in [0.3, 0.4) is 0 Å². The minimum absolute atomic E-state index is 0.0889. The number of amides is 1. The molecule has 4 heteroatoms. The van der Waals surface area contributed by atoms with Gasteiger partial charge in [-0.3, -0.25) is 0 Å². The molecule has 0 aromatic carbocycles. The van der Waals surface area contributed by atoms with E-state index < -0.39 is 6.09 Å². The maximum absolute atomic E-state index is 11.1. The highest BCUT2D eigenvalue weighted by molar-refractivity contribution is 5.67. The number of likely N-dealkylation sites (tertiary alicyclic amines) is 1. The molecular weight excluding hydrogens is 206 g/mol. The number of rotatable bonds is 1. The van der Waals surface area contributed by atoms with Gasteiger partial charge in [0.15, 0.2) is 0 Å². The number of nitrogens with zero attached hydrogens (tertiary/aromatic N) is 1. The molecule has 0 aromatic heterocycles. The van der Waals surface area contributed by atoms with E-state index >= 15 is 0 Å². The minimum atomic E-state index is -0.882. The topological polar surface area (TPSA) is 57.6 Å². The number of hydrogen-bond donors (Lipinski definition) is 1. The predicted octanol–water partition coefficient (Wildman–Crippen LogP) is 2.38. The molecule has 0 saturated carbocycles. The first-order valence-electron chi connectivity index (χ1n) is 5.65. The van der Waals surface area contributed by atoms with Crippen LogP contribution in [0.1, 0.15) is 40.5 Å². The summed E-state index contributed by atoms with van der Waals surface area (Å²) < 4.78 is 0. The normalized spacial score (nSPS) is 31.2. The molecule has 1 fully saturated rings. The maximum Gasteiger partial charge on any atom is 0.407 e. The van der Waals surface area contributed by atoms with Crippen LogP contribution in [0.15, 0.2) is 0 Å². The van der Waals surface area contributed by atoms with Crippen molar-refractivity contribution in [2.45, 2.75) is 46.6 Å². The molecule has 2 unspecified atom stereocenters. The molecule has 1 saturated heterocycles. The van der Waals surface area contributed by atoms with E-state index in [1.54, 1.807) is 0 Å². The highest BCUT2D eigenvalue weighted by Gasteiger charge is 2.43. The van der Waals surface area contributed by atoms with Crippen LogP contribution >= 0.6 is 0 Å². The Kier molecular flexibility index (Phi) is 3.31. The van der Waals surface area contributed by atoms with Crippen molar-refractivity contribution in [1.29, 1.82) is 0 Å². The number of carbonyl (C=O) groups is 2. The molecule has 16 heavy (non-hydrogen) atoms. The summed E-state index contributed by atoms with van der Waals surface area (Å²) in [6, 6.07) is -0.0889. The van der Waals surface area contributed by atoms with E-state index in [1.165, 1.54) is 4.90 Å². The average Bonchev–Trinajstić information content (AvgIpc) is 2.16. The zero-order valence-electron chi connectivity index (χ0n) is 10.5. The van der Waals surface area contributed by atoms with Gasteiger partial charge in [0, 0.05) is 18.0 Å². The monoisotopic (exact) mass is 227 g/mol. The van der Waals surface area contributed by atoms with Crippen LogP contribution < -0.4 is 0 Å². The smallest absolute Gasteiger partial charge is 0.407 e. The lowest BCUT2D eigenvalue weighted by Gasteiger charge is -2.47. The van der Waals surface area contributed by atoms with E-state index in [2.05, 4.69) is 0 Å². The lowest BCUT2D eigenvalue weighted by molar-refractivity contribution is -0.119. The van der Waals surface area contributed by atoms with Gasteiger partial charge in [0.2, 0.25) is 0 Å². The van der Waals surface area contributed by atoms with Crippen LogP contribution in [-0.2, 0) is 4.79 Å². The van der Waals surface area contributed by atoms with Crippen LogP contribution in [0.25, 0.3) is 0 Å². The van der Waals surface area contributed by atoms with E-state index in [1.807, 2.05) is 27.7 Å². The van der Waals surface area contributed by atoms with Gasteiger partial charge in [-0.15, -0.1) is 0 Å². The number of piperidine rings is 1. The lowest BCUT2D eigenvalue weighted by Crippen LogP contribution is -2.54. The number of carboxylic acid groups (broad SMARTS) is 1. The second-order valence-corrected chi connectivity index (χ2v) is 6.08. The van der Waals surface area contributed by atoms with E-state index in [0.717, 1.165) is 6.29 Å². The highest BCUT2D eigenvalue weighted by Crippen LogP contribution is 2.39. The SMILES string of the molecule is CC1(C=O)CCN(C(=O)O)C(C(C)(C)C)C1. The quantitative estimate of drug-likeness (QED) is 0.700. The molecule has 0 bridgehead atoms. The molecule has 1 amide bonds. The standard InChI is InChI=1S/C12H21NO3/c1-11(2,3)9-7-12(4,8-14)5-6-13(9)10(15)16/h8-9H,5-7H2,1-4H3,(H,15,16). The van der Waals surface area contributed by atoms with Crippen molar-refractivity contribution in [2.24, 2.45) is 10.8 Å². The fraction of sp³-hybridized carbons (Fsp3) is 0.833. The Morgan fingerprint density at radius 1 is 1.50 bits per heavy atom. The molecule has 2 atom stereocenters. The molecule has 1 aliphatic heterocycles. The van der Waals surface area contributed by atoms with Crippen LogP contribution in [0.5, 0.6) is 0 Å². The zero-order valence-corrected chi connectivity index (χ0v) is 10.5. The molecule has 0 radical (unpaired) electrons. The van der Waals surface area contributed by atoms with Crippen molar-refractivity contribution >= 4 is 12.4 Å². The van der Waals surface area contributed by atoms with Crippen molar-refractivity contribution in [1.82, 2.24) is 4.90 Å². The summed E-state index contributed by atoms with van der Waals surface area (Å²) in [5.41, 5.74) is -0.507. The fourth-order valence-electron chi connectivity index (χ4n) is 2.30. The maximum atomic E-state index is 11.1. The van der Waals surface area contributed by atoms with Gasteiger partial charge >= 0.3 is 6.09 Å². The fourth-order valence-corrected chi connectivity index (χ4v) is 2.30. The van der Waals surface area contributed by atoms with Crippen LogP contribution in [-0.4, -0.2) is 35.0 Å². The second-order valence-electron chi connectivity index (χ2n) is 6.08. The van der Waals surface area contributed by atoms with Crippen LogP contribution in [0.2, 0.25) is 0 Å². The van der Waals surface area contributed by atoms with E-state index in [9.17, 15) is 9.59 Å². The molecule has 0 spiro atoms. The van der Waals surface area contributed by atoms with Crippen molar-refractivity contribution in [2.75, 3.05) is 6.54 Å². The Morgan fingerprint density at radius 3 is 2.44 bits per heavy atom. The Bertz CT molecular complexity index is 295. The predicted molar refractivity (Wildman–Crippen MR) is 61.4 cm³/mol. The Hall–Kier alpha value is -1.06. The molecular formula is C12H21NO3. The number of carbonyl (C=O) groups excluding carboxylic acids is 1. The Labute approximate surface area is 96.6 Å². The van der Waals surface area contributed by atoms with Crippen LogP contribution in [0.4, 0.5) is 4.79 Å². The molecule has 1 heterocycles. The van der Waals surface area contributed by atoms with Gasteiger partial charge < -0.3 is 14.8 Å². The van der Waals surface area contributed by atoms with E-state index in [-0.39, 0.29) is 16.9 Å². The molecule has 0 aromatic rings. The second kappa shape index (κ2) is 4.07. The highest BCUT2D eigenvalue weighted by atomic mass is 16.4. The van der Waals surface area contributed by atoms with Gasteiger partial charge in [-0.05, 0) is 18.3 Å². The Balaban J connectivity index is 2.95. The van der Waals surface area contributed by atoms with Crippen molar-refractivity contribution in [3.05, 3.63) is 0 Å². The summed E-state index contributed by atoms with van der Waals surface area (Å²) in [6.45, 7) is 8.42. The van der Waals surface area contributed by atoms with Crippen LogP contribution in [0, 0.1) is 10.8 Å². The first-order valence-corrected chi connectivity index (χ1v) is 5.65. The number of aldehydes is 1. The summed E-state index contributed by atoms with van der Waals surface area (Å²) in [5.74, 6) is 0. The molecule has 1 N–H and O–H groups in total. The minimum Gasteiger partial charge on any atom is -0.465 e. The molecule has 1 aliphatic rings. The van der Waals surface area contributed by atoms with E-state index in [4.69, 9.17) is 5.11 Å². The van der Waals surface area contributed by atoms with E-state index in [0.29, 0.717) is 19.4 Å². The summed E-state index contributed by atoms with van der Waals surface area (Å²) in [7, 11) is 0. The van der Waals surface area contributed by atoms with Gasteiger partial charge in [0.05, 0.1) is 0 Å². The third-order valence-corrected chi connectivity index (χ3v) is 3.49. The third-order valence-electron chi connectivity index (χ3n) is 3.49. The summed E-state index contributed by atoms with van der Waals surface area (Å²) in [5, 5.41) is 9.15. The lowest BCUT2D eigenvalue weighted by atomic mass is 9.71. The first kappa shape index (κ1) is 13.0. The summed E-state index contributed by atoms with van der Waals surface area (Å²) in [4.78, 5) is 23.7.